The van der Waals surface area contributed by atoms with E-state index >= 15 is 0 Å². The van der Waals surface area contributed by atoms with E-state index in [0.29, 0.717) is 34.6 Å². The summed E-state index contributed by atoms with van der Waals surface area (Å²) < 4.78 is 1.71. The number of aromatic nitrogens is 5. The quantitative estimate of drug-likeness (QED) is 0.534. The zero-order valence-electron chi connectivity index (χ0n) is 16.7. The predicted molar refractivity (Wildman–Crippen MR) is 117 cm³/mol. The van der Waals surface area contributed by atoms with Gasteiger partial charge < -0.3 is 10.6 Å². The number of hydrogen-bond donors (Lipinski definition) is 2. The van der Waals surface area contributed by atoms with E-state index in [1.807, 2.05) is 61.5 Å². The van der Waals surface area contributed by atoms with Gasteiger partial charge in [0.25, 0.3) is 5.91 Å². The number of rotatable bonds is 4. The third-order valence-corrected chi connectivity index (χ3v) is 5.00. The van der Waals surface area contributed by atoms with Gasteiger partial charge in [-0.3, -0.25) is 9.78 Å². The second kappa shape index (κ2) is 7.83. The predicted octanol–water partition coefficient (Wildman–Crippen LogP) is 3.66. The lowest BCUT2D eigenvalue weighted by atomic mass is 9.99. The zero-order valence-corrected chi connectivity index (χ0v) is 16.7. The van der Waals surface area contributed by atoms with Crippen LogP contribution in [0.15, 0.2) is 90.4 Å². The van der Waals surface area contributed by atoms with Gasteiger partial charge in [0.1, 0.15) is 11.9 Å². The lowest BCUT2D eigenvalue weighted by Crippen LogP contribution is -2.32. The number of carbonyl (C=O) groups excluding carboxylic acids is 1. The second-order valence-corrected chi connectivity index (χ2v) is 7.06. The number of fused-ring (bicyclic) bond motifs is 1. The minimum absolute atomic E-state index is 0.276. The molecular formula is C23H19N7O. The molecule has 0 saturated carbocycles. The number of amides is 1. The Labute approximate surface area is 178 Å². The van der Waals surface area contributed by atoms with Crippen LogP contribution in [-0.4, -0.2) is 30.6 Å². The molecule has 1 aliphatic rings. The Morgan fingerprint density at radius 3 is 2.42 bits per heavy atom. The first-order chi connectivity index (χ1) is 15.2. The van der Waals surface area contributed by atoms with Crippen molar-refractivity contribution >= 4 is 17.7 Å². The van der Waals surface area contributed by atoms with Gasteiger partial charge in [-0.1, -0.05) is 42.5 Å². The van der Waals surface area contributed by atoms with Crippen LogP contribution in [0.1, 0.15) is 18.7 Å². The maximum atomic E-state index is 13.3. The SMILES string of the molecule is CC1=C(C(=O)Nc2ccccn2)C(c2ccccn2)n2nc(-c3ccccc3)nc2N1. The molecule has 1 unspecified atom stereocenters. The molecule has 8 nitrogen and oxygen atoms in total. The number of allylic oxidation sites excluding steroid dienone is 1. The van der Waals surface area contributed by atoms with E-state index in [4.69, 9.17) is 5.10 Å². The van der Waals surface area contributed by atoms with Crippen molar-refractivity contribution in [3.05, 3.63) is 96.1 Å². The van der Waals surface area contributed by atoms with E-state index in [1.165, 1.54) is 0 Å². The Kier molecular flexibility index (Phi) is 4.72. The molecule has 0 spiro atoms. The van der Waals surface area contributed by atoms with Crippen molar-refractivity contribution in [3.8, 4) is 11.4 Å². The summed E-state index contributed by atoms with van der Waals surface area (Å²) in [6.45, 7) is 1.85. The maximum Gasteiger partial charge on any atom is 0.257 e. The lowest BCUT2D eigenvalue weighted by molar-refractivity contribution is -0.113. The monoisotopic (exact) mass is 409 g/mol. The van der Waals surface area contributed by atoms with Crippen molar-refractivity contribution in [2.75, 3.05) is 10.6 Å². The molecule has 1 aromatic carbocycles. The molecule has 0 saturated heterocycles. The topological polar surface area (TPSA) is 97.6 Å². The van der Waals surface area contributed by atoms with Crippen molar-refractivity contribution in [3.63, 3.8) is 0 Å². The standard InChI is InChI=1S/C23H19N7O/c1-15-19(22(31)27-18-12-6-8-14-25-18)20(17-11-5-7-13-24-17)30-23(26-15)28-21(29-30)16-9-3-2-4-10-16/h2-14,20H,1H3,(H,25,27,31)(H,26,28,29). The Hall–Kier alpha value is -4.33. The number of benzene rings is 1. The summed E-state index contributed by atoms with van der Waals surface area (Å²) in [6.07, 6.45) is 3.34. The molecular weight excluding hydrogens is 390 g/mol. The summed E-state index contributed by atoms with van der Waals surface area (Å²) >= 11 is 0. The minimum atomic E-state index is -0.536. The molecule has 3 aromatic heterocycles. The molecule has 152 valence electrons. The molecule has 0 radical (unpaired) electrons. The van der Waals surface area contributed by atoms with Gasteiger partial charge in [0.05, 0.1) is 11.3 Å². The van der Waals surface area contributed by atoms with Gasteiger partial charge in [0.15, 0.2) is 5.82 Å². The van der Waals surface area contributed by atoms with Gasteiger partial charge in [-0.15, -0.1) is 5.10 Å². The maximum absolute atomic E-state index is 13.3. The normalized spacial score (nSPS) is 15.2. The van der Waals surface area contributed by atoms with Crippen LogP contribution in [0.2, 0.25) is 0 Å². The molecule has 2 N–H and O–H groups in total. The van der Waals surface area contributed by atoms with Gasteiger partial charge >= 0.3 is 0 Å². The fraction of sp³-hybridized carbons (Fsp3) is 0.0870. The van der Waals surface area contributed by atoms with Crippen molar-refractivity contribution < 1.29 is 4.79 Å². The van der Waals surface area contributed by atoms with E-state index in [9.17, 15) is 4.79 Å². The number of nitrogens with one attached hydrogen (secondary N) is 2. The minimum Gasteiger partial charge on any atom is -0.328 e. The van der Waals surface area contributed by atoms with E-state index in [-0.39, 0.29) is 5.91 Å². The van der Waals surface area contributed by atoms with Gasteiger partial charge in [-0.25, -0.2) is 9.67 Å². The summed E-state index contributed by atoms with van der Waals surface area (Å²) in [6, 6.07) is 20.2. The number of nitrogens with zero attached hydrogens (tertiary/aromatic N) is 5. The van der Waals surface area contributed by atoms with Crippen LogP contribution in [0.4, 0.5) is 11.8 Å². The lowest BCUT2D eigenvalue weighted by Gasteiger charge is -2.27. The summed E-state index contributed by atoms with van der Waals surface area (Å²) in [5, 5.41) is 10.8. The average Bonchev–Trinajstić information content (AvgIpc) is 3.23. The van der Waals surface area contributed by atoms with E-state index in [1.54, 1.807) is 29.2 Å². The molecule has 4 aromatic rings. The third-order valence-electron chi connectivity index (χ3n) is 5.00. The van der Waals surface area contributed by atoms with Crippen molar-refractivity contribution in [1.29, 1.82) is 0 Å². The number of pyridine rings is 2. The third kappa shape index (κ3) is 3.55. The molecule has 1 aliphatic heterocycles. The number of anilines is 2. The highest BCUT2D eigenvalue weighted by atomic mass is 16.1. The molecule has 1 amide bonds. The van der Waals surface area contributed by atoms with Crippen molar-refractivity contribution in [2.24, 2.45) is 0 Å². The fourth-order valence-corrected chi connectivity index (χ4v) is 3.59. The molecule has 31 heavy (non-hydrogen) atoms. The highest BCUT2D eigenvalue weighted by molar-refractivity contribution is 6.05. The van der Waals surface area contributed by atoms with Crippen LogP contribution in [0.25, 0.3) is 11.4 Å². The average molecular weight is 409 g/mol. The van der Waals surface area contributed by atoms with Crippen LogP contribution in [0.5, 0.6) is 0 Å². The summed E-state index contributed by atoms with van der Waals surface area (Å²) in [4.78, 5) is 26.7. The first kappa shape index (κ1) is 18.7. The second-order valence-electron chi connectivity index (χ2n) is 7.06. The van der Waals surface area contributed by atoms with Crippen LogP contribution in [0.3, 0.4) is 0 Å². The van der Waals surface area contributed by atoms with Crippen LogP contribution >= 0.6 is 0 Å². The van der Waals surface area contributed by atoms with Gasteiger partial charge in [-0.2, -0.15) is 4.98 Å². The first-order valence-corrected chi connectivity index (χ1v) is 9.84. The Morgan fingerprint density at radius 1 is 0.968 bits per heavy atom. The largest absolute Gasteiger partial charge is 0.328 e. The van der Waals surface area contributed by atoms with E-state index in [0.717, 1.165) is 5.56 Å². The molecule has 0 aliphatic carbocycles. The molecule has 5 rings (SSSR count). The van der Waals surface area contributed by atoms with E-state index < -0.39 is 6.04 Å². The smallest absolute Gasteiger partial charge is 0.257 e. The highest BCUT2D eigenvalue weighted by Gasteiger charge is 2.35. The van der Waals surface area contributed by atoms with Gasteiger partial charge in [-0.05, 0) is 31.2 Å². The van der Waals surface area contributed by atoms with Crippen LogP contribution in [-0.2, 0) is 4.79 Å². The molecule has 4 heterocycles. The molecule has 1 atom stereocenters. The summed E-state index contributed by atoms with van der Waals surface area (Å²) in [7, 11) is 0. The fourth-order valence-electron chi connectivity index (χ4n) is 3.59. The molecule has 0 fully saturated rings. The van der Waals surface area contributed by atoms with Gasteiger partial charge in [0, 0.05) is 23.7 Å². The number of hydrogen-bond acceptors (Lipinski definition) is 6. The Morgan fingerprint density at radius 2 is 1.71 bits per heavy atom. The number of carbonyl (C=O) groups is 1. The zero-order chi connectivity index (χ0) is 21.2. The summed E-state index contributed by atoms with van der Waals surface area (Å²) in [5.41, 5.74) is 2.77. The molecule has 8 heteroatoms. The Bertz CT molecular complexity index is 1250. The highest BCUT2D eigenvalue weighted by Crippen LogP contribution is 2.35. The Balaban J connectivity index is 1.60. The van der Waals surface area contributed by atoms with Crippen molar-refractivity contribution in [1.82, 2.24) is 24.7 Å². The van der Waals surface area contributed by atoms with E-state index in [2.05, 4.69) is 25.6 Å². The molecule has 0 bridgehead atoms. The first-order valence-electron chi connectivity index (χ1n) is 9.84. The van der Waals surface area contributed by atoms with Gasteiger partial charge in [0.2, 0.25) is 5.95 Å². The van der Waals surface area contributed by atoms with Crippen molar-refractivity contribution in [2.45, 2.75) is 13.0 Å². The van der Waals surface area contributed by atoms with Crippen LogP contribution in [0, 0.1) is 0 Å². The van der Waals surface area contributed by atoms with Crippen LogP contribution < -0.4 is 10.6 Å². The summed E-state index contributed by atoms with van der Waals surface area (Å²) in [5.74, 6) is 1.33.